The predicted octanol–water partition coefficient (Wildman–Crippen LogP) is 4.10. The van der Waals surface area contributed by atoms with Crippen molar-refractivity contribution in [1.29, 1.82) is 0 Å². The van der Waals surface area contributed by atoms with Crippen LogP contribution in [0.4, 0.5) is 16.3 Å². The van der Waals surface area contributed by atoms with Crippen molar-refractivity contribution in [2.45, 2.75) is 26.4 Å². The maximum absolute atomic E-state index is 12.6. The van der Waals surface area contributed by atoms with Crippen molar-refractivity contribution in [3.05, 3.63) is 53.6 Å². The van der Waals surface area contributed by atoms with Gasteiger partial charge in [-0.2, -0.15) is 5.10 Å². The van der Waals surface area contributed by atoms with Gasteiger partial charge in [-0.1, -0.05) is 30.3 Å². The fourth-order valence-electron chi connectivity index (χ4n) is 3.33. The summed E-state index contributed by atoms with van der Waals surface area (Å²) >= 11 is 0. The molecule has 0 radical (unpaired) electrons. The lowest BCUT2D eigenvalue weighted by Gasteiger charge is -2.34. The van der Waals surface area contributed by atoms with E-state index in [1.165, 1.54) is 0 Å². The number of benzene rings is 2. The van der Waals surface area contributed by atoms with E-state index in [-0.39, 0.29) is 12.1 Å². The monoisotopic (exact) mass is 335 g/mol. The maximum atomic E-state index is 12.6. The molecule has 2 amide bonds. The Bertz CT molecular complexity index is 918. The van der Waals surface area contributed by atoms with Crippen molar-refractivity contribution in [3.63, 3.8) is 0 Å². The molecule has 2 aromatic carbocycles. The lowest BCUT2D eigenvalue weighted by molar-refractivity contribution is 0.186. The van der Waals surface area contributed by atoms with Gasteiger partial charge in [-0.3, -0.25) is 5.10 Å². The molecule has 0 bridgehead atoms. The Morgan fingerprint density at radius 2 is 2.08 bits per heavy atom. The second-order valence-electron chi connectivity index (χ2n) is 6.30. The molecule has 0 saturated heterocycles. The van der Waals surface area contributed by atoms with Crippen LogP contribution in [0.5, 0.6) is 0 Å². The molecule has 0 unspecified atom stereocenters. The van der Waals surface area contributed by atoms with Gasteiger partial charge in [0.15, 0.2) is 5.82 Å². The van der Waals surface area contributed by atoms with Crippen LogP contribution in [0.3, 0.4) is 0 Å². The van der Waals surface area contributed by atoms with Gasteiger partial charge in [-0.25, -0.2) is 4.79 Å². The van der Waals surface area contributed by atoms with Crippen molar-refractivity contribution in [2.75, 3.05) is 17.2 Å². The molecule has 1 aliphatic heterocycles. The number of carbonyl (C=O) groups excluding carboxylic acids is 1. The number of aromatic amines is 1. The third kappa shape index (κ3) is 2.69. The first kappa shape index (κ1) is 15.5. The molecule has 6 nitrogen and oxygen atoms in total. The van der Waals surface area contributed by atoms with Gasteiger partial charge < -0.3 is 15.5 Å². The Kier molecular flexibility index (Phi) is 3.80. The van der Waals surface area contributed by atoms with E-state index in [9.17, 15) is 4.79 Å². The molecule has 25 heavy (non-hydrogen) atoms. The van der Waals surface area contributed by atoms with Gasteiger partial charge >= 0.3 is 6.03 Å². The molecule has 0 spiro atoms. The third-order valence-electron chi connectivity index (χ3n) is 4.72. The number of fused-ring (bicyclic) bond motifs is 2. The van der Waals surface area contributed by atoms with Crippen LogP contribution in [0.25, 0.3) is 10.9 Å². The van der Waals surface area contributed by atoms with Gasteiger partial charge in [0, 0.05) is 17.6 Å². The molecule has 0 fully saturated rings. The summed E-state index contributed by atoms with van der Waals surface area (Å²) in [5, 5.41) is 14.7. The number of urea groups is 1. The van der Waals surface area contributed by atoms with Crippen LogP contribution in [0.2, 0.25) is 0 Å². The molecule has 1 atom stereocenters. The highest BCUT2D eigenvalue weighted by atomic mass is 16.2. The molecule has 1 aromatic heterocycles. The number of amides is 2. The van der Waals surface area contributed by atoms with E-state index in [0.717, 1.165) is 40.1 Å². The highest BCUT2D eigenvalue weighted by Crippen LogP contribution is 2.34. The largest absolute Gasteiger partial charge is 0.368 e. The zero-order valence-electron chi connectivity index (χ0n) is 14.3. The number of nitrogens with zero attached hydrogens (tertiary/aromatic N) is 2. The fraction of sp³-hybridized carbons (Fsp3) is 0.263. The topological polar surface area (TPSA) is 73.0 Å². The number of hydrogen-bond donors (Lipinski definition) is 3. The standard InChI is InChI=1S/C19H21N5O/c1-3-20-18-15-9-14-11-24(12(2)13-7-5-4-6-8-13)19(25)21-16(14)10-17(15)22-23-18/h4-10,12H,3,11H2,1-2H3,(H,21,25)(H2,20,22,23)/t12-/m1/s1. The SMILES string of the molecule is CCNc1n[nH]c2cc3c(cc12)CN([C@H](C)c1ccccc1)C(=O)N3. The quantitative estimate of drug-likeness (QED) is 0.672. The summed E-state index contributed by atoms with van der Waals surface area (Å²) in [6.45, 7) is 5.48. The van der Waals surface area contributed by atoms with Crippen molar-refractivity contribution in [1.82, 2.24) is 15.1 Å². The maximum Gasteiger partial charge on any atom is 0.322 e. The summed E-state index contributed by atoms with van der Waals surface area (Å²) in [6, 6.07) is 14.1. The minimum absolute atomic E-state index is 0.00244. The molecule has 3 aromatic rings. The van der Waals surface area contributed by atoms with E-state index in [1.54, 1.807) is 0 Å². The highest BCUT2D eigenvalue weighted by Gasteiger charge is 2.28. The zero-order chi connectivity index (χ0) is 17.4. The first-order valence-electron chi connectivity index (χ1n) is 8.54. The first-order valence-corrected chi connectivity index (χ1v) is 8.54. The van der Waals surface area contributed by atoms with Gasteiger partial charge in [-0.15, -0.1) is 0 Å². The van der Waals surface area contributed by atoms with Gasteiger partial charge in [0.2, 0.25) is 0 Å². The number of anilines is 2. The summed E-state index contributed by atoms with van der Waals surface area (Å²) in [4.78, 5) is 14.4. The van der Waals surface area contributed by atoms with Crippen molar-refractivity contribution in [3.8, 4) is 0 Å². The molecule has 1 aliphatic rings. The van der Waals surface area contributed by atoms with Gasteiger partial charge in [-0.05, 0) is 37.1 Å². The molecule has 6 heteroatoms. The number of carbonyl (C=O) groups is 1. The van der Waals surface area contributed by atoms with Crippen molar-refractivity contribution < 1.29 is 4.79 Å². The van der Waals surface area contributed by atoms with Crippen LogP contribution < -0.4 is 10.6 Å². The lowest BCUT2D eigenvalue weighted by atomic mass is 10.0. The Morgan fingerprint density at radius 1 is 1.28 bits per heavy atom. The second kappa shape index (κ2) is 6.12. The predicted molar refractivity (Wildman–Crippen MR) is 99.7 cm³/mol. The van der Waals surface area contributed by atoms with E-state index in [1.807, 2.05) is 36.1 Å². The first-order chi connectivity index (χ1) is 12.2. The van der Waals surface area contributed by atoms with Crippen LogP contribution in [0.15, 0.2) is 42.5 Å². The number of rotatable bonds is 4. The molecular weight excluding hydrogens is 314 g/mol. The van der Waals surface area contributed by atoms with Crippen LogP contribution in [0, 0.1) is 0 Å². The van der Waals surface area contributed by atoms with Crippen LogP contribution >= 0.6 is 0 Å². The van der Waals surface area contributed by atoms with Crippen LogP contribution in [0.1, 0.15) is 31.0 Å². The van der Waals surface area contributed by atoms with Crippen molar-refractivity contribution >= 4 is 28.4 Å². The summed E-state index contributed by atoms with van der Waals surface area (Å²) in [6.07, 6.45) is 0. The minimum atomic E-state index is -0.0744. The van der Waals surface area contributed by atoms with Gasteiger partial charge in [0.1, 0.15) is 0 Å². The smallest absolute Gasteiger partial charge is 0.322 e. The third-order valence-corrected chi connectivity index (χ3v) is 4.72. The van der Waals surface area contributed by atoms with E-state index >= 15 is 0 Å². The Labute approximate surface area is 146 Å². The molecule has 0 aliphatic carbocycles. The minimum Gasteiger partial charge on any atom is -0.368 e. The Balaban J connectivity index is 1.69. The van der Waals surface area contributed by atoms with Gasteiger partial charge in [0.25, 0.3) is 0 Å². The molecule has 0 saturated carbocycles. The summed E-state index contributed by atoms with van der Waals surface area (Å²) in [5.74, 6) is 0.847. The van der Waals surface area contributed by atoms with Crippen molar-refractivity contribution in [2.24, 2.45) is 0 Å². The van der Waals surface area contributed by atoms with E-state index in [2.05, 4.69) is 46.0 Å². The van der Waals surface area contributed by atoms with E-state index in [0.29, 0.717) is 6.54 Å². The number of nitrogens with one attached hydrogen (secondary N) is 3. The van der Waals surface area contributed by atoms with Gasteiger partial charge in [0.05, 0.1) is 18.1 Å². The molecule has 128 valence electrons. The normalized spacial score (nSPS) is 15.0. The highest BCUT2D eigenvalue weighted by molar-refractivity contribution is 5.99. The second-order valence-corrected chi connectivity index (χ2v) is 6.30. The lowest BCUT2D eigenvalue weighted by Crippen LogP contribution is -2.40. The summed E-state index contributed by atoms with van der Waals surface area (Å²) in [5.41, 5.74) is 3.98. The average Bonchev–Trinajstić information content (AvgIpc) is 3.02. The van der Waals surface area contributed by atoms with E-state index in [4.69, 9.17) is 0 Å². The number of aromatic nitrogens is 2. The molecule has 2 heterocycles. The molecule has 4 rings (SSSR count). The van der Waals surface area contributed by atoms with E-state index < -0.39 is 0 Å². The summed E-state index contributed by atoms with van der Waals surface area (Å²) < 4.78 is 0. The van der Waals surface area contributed by atoms with Crippen LogP contribution in [-0.4, -0.2) is 27.7 Å². The molecule has 3 N–H and O–H groups in total. The fourth-order valence-corrected chi connectivity index (χ4v) is 3.33. The molecular formula is C19H21N5O. The zero-order valence-corrected chi connectivity index (χ0v) is 14.3. The Morgan fingerprint density at radius 3 is 2.84 bits per heavy atom. The number of H-pyrrole nitrogens is 1. The Hall–Kier alpha value is -3.02. The van der Waals surface area contributed by atoms with Crippen LogP contribution in [-0.2, 0) is 6.54 Å². The number of hydrogen-bond acceptors (Lipinski definition) is 3. The average molecular weight is 335 g/mol. The summed E-state index contributed by atoms with van der Waals surface area (Å²) in [7, 11) is 0.